The number of carbonyl (C=O) groups excluding carboxylic acids is 2. The molecule has 1 aliphatic heterocycles. The van der Waals surface area contributed by atoms with Gasteiger partial charge in [0.2, 0.25) is 11.7 Å². The fourth-order valence-corrected chi connectivity index (χ4v) is 4.51. The number of carbonyl (C=O) groups is 2. The van der Waals surface area contributed by atoms with Crippen LogP contribution in [0.1, 0.15) is 59.4 Å². The number of carboxylic acids is 1. The van der Waals surface area contributed by atoms with Crippen molar-refractivity contribution in [2.75, 3.05) is 38.4 Å². The summed E-state index contributed by atoms with van der Waals surface area (Å²) in [7, 11) is 1.00. The largest absolute Gasteiger partial charge is 1.00 e. The van der Waals surface area contributed by atoms with Gasteiger partial charge < -0.3 is 40.2 Å². The van der Waals surface area contributed by atoms with Gasteiger partial charge in [0, 0.05) is 32.7 Å². The van der Waals surface area contributed by atoms with Crippen LogP contribution in [0.5, 0.6) is 0 Å². The van der Waals surface area contributed by atoms with Crippen molar-refractivity contribution < 1.29 is 63.9 Å². The van der Waals surface area contributed by atoms with Crippen molar-refractivity contribution in [3.05, 3.63) is 66.7 Å². The molecule has 1 saturated heterocycles. The first-order valence-corrected chi connectivity index (χ1v) is 15.9. The summed E-state index contributed by atoms with van der Waals surface area (Å²) in [5, 5.41) is 33.3. The maximum Gasteiger partial charge on any atom is 1.00 e. The van der Waals surface area contributed by atoms with E-state index in [1.54, 1.807) is 18.7 Å². The third-order valence-electron chi connectivity index (χ3n) is 5.98. The fourth-order valence-electron chi connectivity index (χ4n) is 3.90. The number of aliphatic carboxylic acids is 1. The van der Waals surface area contributed by atoms with Crippen LogP contribution in [0, 0.1) is 0 Å². The van der Waals surface area contributed by atoms with E-state index in [0.29, 0.717) is 19.6 Å². The van der Waals surface area contributed by atoms with Gasteiger partial charge in [-0.15, -0.1) is 0 Å². The van der Waals surface area contributed by atoms with E-state index in [1.165, 1.54) is 18.1 Å². The number of hydrogen-bond donors (Lipinski definition) is 4. The summed E-state index contributed by atoms with van der Waals surface area (Å²) < 4.78 is 10.8. The monoisotopic (exact) mass is 642 g/mol. The van der Waals surface area contributed by atoms with Crippen LogP contribution in [0.2, 0.25) is 0 Å². The molecule has 2 unspecified atom stereocenters. The predicted octanol–water partition coefficient (Wildman–Crippen LogP) is 0.841. The topological polar surface area (TPSA) is 140 Å². The summed E-state index contributed by atoms with van der Waals surface area (Å²) in [6.07, 6.45) is 1.07. The van der Waals surface area contributed by atoms with Crippen LogP contribution in [0.15, 0.2) is 61.2 Å². The standard InChI is InChI=1S/C17H19NO.C13H23NO5S.C2H6.CH4O.Na/c1-13(19)12-18-14(2)15-8-10-17(11-9-15)16-6-4-3-5-7-16;1-3-20-8-4-7-18-13(12(16)17)6-5-11(9-19-13)14-10(2)15;2*1-2;/h3-11,13,18-19H,2,12H2,1H3;11H,3-9H2,1-2H3,(H,14,15)(H,16,17);1-2H3;2H,1H3;/q;;;;+1/p-1/t;11?,13-;;;/m.1.../s1. The average Bonchev–Trinajstić information content (AvgIpc) is 3.03. The Morgan fingerprint density at radius 3 is 2.20 bits per heavy atom. The SMILES string of the molecule is C=C(NCC(C)O)c1ccc(-c2ccccc2)cc1.CC.CCSCCCO[C@]1(C(=O)[O-])CCC(NC(C)=O)CO1.CO.[Na+]. The molecular weight excluding hydrogens is 591 g/mol. The van der Waals surface area contributed by atoms with Gasteiger partial charge in [0.05, 0.1) is 25.4 Å². The second-order valence-electron chi connectivity index (χ2n) is 9.34. The number of aliphatic hydroxyl groups is 2. The molecule has 0 radical (unpaired) electrons. The number of thioether (sulfide) groups is 1. The van der Waals surface area contributed by atoms with E-state index in [0.717, 1.165) is 36.3 Å². The molecule has 9 nitrogen and oxygen atoms in total. The number of hydrogen-bond acceptors (Lipinski definition) is 9. The molecule has 44 heavy (non-hydrogen) atoms. The van der Waals surface area contributed by atoms with Gasteiger partial charge in [0.15, 0.2) is 0 Å². The van der Waals surface area contributed by atoms with E-state index in [4.69, 9.17) is 14.6 Å². The Morgan fingerprint density at radius 2 is 1.73 bits per heavy atom. The van der Waals surface area contributed by atoms with Crippen LogP contribution < -0.4 is 45.3 Å². The normalized spacial score (nSPS) is 17.3. The minimum Gasteiger partial charge on any atom is -0.544 e. The van der Waals surface area contributed by atoms with Crippen molar-refractivity contribution in [3.63, 3.8) is 0 Å². The van der Waals surface area contributed by atoms with Crippen LogP contribution in [0.3, 0.4) is 0 Å². The van der Waals surface area contributed by atoms with Crippen LogP contribution in [-0.2, 0) is 19.1 Å². The molecule has 1 aliphatic rings. The van der Waals surface area contributed by atoms with Gasteiger partial charge in [-0.1, -0.05) is 81.9 Å². The van der Waals surface area contributed by atoms with Crippen molar-refractivity contribution in [2.45, 2.75) is 71.8 Å². The number of carboxylic acid groups (broad SMARTS) is 1. The molecule has 1 fully saturated rings. The van der Waals surface area contributed by atoms with E-state index < -0.39 is 11.8 Å². The summed E-state index contributed by atoms with van der Waals surface area (Å²) in [4.78, 5) is 22.2. The minimum absolute atomic E-state index is 0. The van der Waals surface area contributed by atoms with E-state index in [2.05, 4.69) is 48.4 Å². The molecule has 0 bridgehead atoms. The Kier molecular flexibility index (Phi) is 26.5. The van der Waals surface area contributed by atoms with Crippen molar-refractivity contribution in [1.29, 1.82) is 0 Å². The van der Waals surface area contributed by atoms with Gasteiger partial charge in [0.25, 0.3) is 0 Å². The van der Waals surface area contributed by atoms with Gasteiger partial charge in [-0.2, -0.15) is 11.8 Å². The molecule has 1 amide bonds. The molecular formula is C33H51N2NaO7S. The van der Waals surface area contributed by atoms with Crippen LogP contribution in [0.4, 0.5) is 0 Å². The molecule has 2 aromatic carbocycles. The van der Waals surface area contributed by atoms with Crippen molar-refractivity contribution in [2.24, 2.45) is 0 Å². The number of benzene rings is 2. The molecule has 0 spiro atoms. The number of nitrogens with one attached hydrogen (secondary N) is 2. The smallest absolute Gasteiger partial charge is 0.544 e. The van der Waals surface area contributed by atoms with Crippen molar-refractivity contribution >= 4 is 29.3 Å². The summed E-state index contributed by atoms with van der Waals surface area (Å²) >= 11 is 1.78. The van der Waals surface area contributed by atoms with Crippen molar-refractivity contribution in [3.8, 4) is 11.1 Å². The molecule has 1 heterocycles. The van der Waals surface area contributed by atoms with Crippen LogP contribution >= 0.6 is 11.8 Å². The maximum absolute atomic E-state index is 11.3. The number of ether oxygens (including phenoxy) is 2. The Hall–Kier alpha value is -1.89. The molecule has 242 valence electrons. The zero-order chi connectivity index (χ0) is 32.7. The number of amides is 1. The summed E-state index contributed by atoms with van der Waals surface area (Å²) in [6.45, 7) is 14.2. The van der Waals surface area contributed by atoms with E-state index >= 15 is 0 Å². The van der Waals surface area contributed by atoms with E-state index in [-0.39, 0.29) is 60.6 Å². The first-order chi connectivity index (χ1) is 20.7. The predicted molar refractivity (Wildman–Crippen MR) is 174 cm³/mol. The van der Waals surface area contributed by atoms with Crippen LogP contribution in [-0.4, -0.2) is 78.4 Å². The molecule has 3 atom stereocenters. The summed E-state index contributed by atoms with van der Waals surface area (Å²) in [5.41, 5.74) is 4.27. The van der Waals surface area contributed by atoms with Gasteiger partial charge in [-0.05, 0) is 48.0 Å². The van der Waals surface area contributed by atoms with E-state index in [1.807, 2.05) is 44.2 Å². The average molecular weight is 643 g/mol. The fraction of sp³-hybridized carbons (Fsp3) is 0.515. The Labute approximate surface area is 290 Å². The van der Waals surface area contributed by atoms with Gasteiger partial charge in [-0.3, -0.25) is 4.79 Å². The Balaban J connectivity index is 0. The zero-order valence-electron chi connectivity index (χ0n) is 27.6. The van der Waals surface area contributed by atoms with Crippen molar-refractivity contribution in [1.82, 2.24) is 10.6 Å². The van der Waals surface area contributed by atoms with Gasteiger partial charge >= 0.3 is 29.6 Å². The van der Waals surface area contributed by atoms with Gasteiger partial charge in [-0.25, -0.2) is 0 Å². The molecule has 2 aromatic rings. The molecule has 0 aromatic heterocycles. The molecule has 11 heteroatoms. The maximum atomic E-state index is 11.3. The first-order valence-electron chi connectivity index (χ1n) is 14.7. The molecule has 3 rings (SSSR count). The molecule has 4 N–H and O–H groups in total. The number of aliphatic hydroxyl groups excluding tert-OH is 2. The first kappa shape index (κ1) is 44.2. The van der Waals surface area contributed by atoms with E-state index in [9.17, 15) is 19.8 Å². The summed E-state index contributed by atoms with van der Waals surface area (Å²) in [5.74, 6) is -1.21. The Bertz CT molecular complexity index is 1030. The van der Waals surface area contributed by atoms with Crippen LogP contribution in [0.25, 0.3) is 16.8 Å². The number of rotatable bonds is 13. The minimum atomic E-state index is -1.66. The third-order valence-corrected chi connectivity index (χ3v) is 6.97. The quantitative estimate of drug-likeness (QED) is 0.185. The third kappa shape index (κ3) is 17.6. The zero-order valence-corrected chi connectivity index (χ0v) is 30.4. The molecule has 0 aliphatic carbocycles. The van der Waals surface area contributed by atoms with Gasteiger partial charge in [0.1, 0.15) is 5.97 Å². The molecule has 0 saturated carbocycles. The summed E-state index contributed by atoms with van der Waals surface area (Å²) in [6, 6.07) is 18.3. The Morgan fingerprint density at radius 1 is 1.14 bits per heavy atom. The second-order valence-corrected chi connectivity index (χ2v) is 10.7. The second kappa shape index (κ2) is 26.3.